The number of piperazine rings is 1. The molecule has 2 aliphatic heterocycles. The fourth-order valence-corrected chi connectivity index (χ4v) is 4.08. The lowest BCUT2D eigenvalue weighted by atomic mass is 10.1. The minimum absolute atomic E-state index is 0.00317. The molecule has 0 aliphatic carbocycles. The Bertz CT molecular complexity index is 933. The van der Waals surface area contributed by atoms with E-state index >= 15 is 0 Å². The van der Waals surface area contributed by atoms with Gasteiger partial charge < -0.3 is 24.8 Å². The minimum atomic E-state index is -0.0120. The van der Waals surface area contributed by atoms with Gasteiger partial charge in [0.15, 0.2) is 5.82 Å². The third-order valence-electron chi connectivity index (χ3n) is 5.77. The van der Waals surface area contributed by atoms with Gasteiger partial charge >= 0.3 is 0 Å². The molecule has 2 saturated heterocycles. The predicted molar refractivity (Wildman–Crippen MR) is 124 cm³/mol. The van der Waals surface area contributed by atoms with Crippen LogP contribution in [0.5, 0.6) is 0 Å². The van der Waals surface area contributed by atoms with E-state index in [1.807, 2.05) is 17.0 Å². The van der Waals surface area contributed by atoms with E-state index in [-0.39, 0.29) is 11.8 Å². The van der Waals surface area contributed by atoms with E-state index in [0.717, 1.165) is 24.6 Å². The van der Waals surface area contributed by atoms with E-state index in [9.17, 15) is 9.59 Å². The molecule has 0 atom stereocenters. The van der Waals surface area contributed by atoms with Gasteiger partial charge in [-0.2, -0.15) is 0 Å². The van der Waals surface area contributed by atoms with Crippen molar-refractivity contribution in [2.45, 2.75) is 19.9 Å². The molecule has 0 radical (unpaired) electrons. The maximum Gasteiger partial charge on any atom is 0.254 e. The fraction of sp³-hybridized carbons (Fsp3) is 0.458. The number of anilines is 2. The number of rotatable bonds is 5. The number of nitrogens with zero attached hydrogens (tertiary/aromatic N) is 4. The van der Waals surface area contributed by atoms with Crippen molar-refractivity contribution in [2.75, 3.05) is 62.7 Å². The van der Waals surface area contributed by atoms with Crippen LogP contribution in [-0.4, -0.2) is 85.1 Å². The molecule has 8 heteroatoms. The first-order valence-electron chi connectivity index (χ1n) is 11.3. The smallest absolute Gasteiger partial charge is 0.254 e. The summed E-state index contributed by atoms with van der Waals surface area (Å²) in [5, 5.41) is 3.45. The maximum absolute atomic E-state index is 13.0. The first-order valence-corrected chi connectivity index (χ1v) is 11.3. The number of carbonyl (C=O) groups is 2. The van der Waals surface area contributed by atoms with Crippen LogP contribution < -0.4 is 10.2 Å². The molecule has 32 heavy (non-hydrogen) atoms. The van der Waals surface area contributed by atoms with Crippen molar-refractivity contribution in [1.82, 2.24) is 14.8 Å². The van der Waals surface area contributed by atoms with Gasteiger partial charge in [-0.1, -0.05) is 0 Å². The second-order valence-corrected chi connectivity index (χ2v) is 8.43. The maximum atomic E-state index is 13.0. The number of pyridine rings is 1. The first kappa shape index (κ1) is 22.1. The normalized spacial score (nSPS) is 16.9. The van der Waals surface area contributed by atoms with Crippen molar-refractivity contribution in [1.29, 1.82) is 0 Å². The Morgan fingerprint density at radius 2 is 1.44 bits per heavy atom. The zero-order valence-electron chi connectivity index (χ0n) is 18.8. The van der Waals surface area contributed by atoms with Gasteiger partial charge in [-0.3, -0.25) is 9.59 Å². The topological polar surface area (TPSA) is 78.0 Å². The molecule has 3 heterocycles. The lowest BCUT2D eigenvalue weighted by Gasteiger charge is -2.36. The van der Waals surface area contributed by atoms with Crippen LogP contribution in [0.15, 0.2) is 42.6 Å². The van der Waals surface area contributed by atoms with Crippen molar-refractivity contribution < 1.29 is 14.3 Å². The fourth-order valence-electron chi connectivity index (χ4n) is 4.08. The van der Waals surface area contributed by atoms with E-state index in [4.69, 9.17) is 4.74 Å². The minimum Gasteiger partial charge on any atom is -0.380 e. The number of benzene rings is 1. The monoisotopic (exact) mass is 437 g/mol. The molecular formula is C24H31N5O3. The zero-order chi connectivity index (χ0) is 22.5. The standard InChI is InChI=1S/C24H31N5O3/c1-18(2)26-21-4-3-9-25-22(21)27-10-12-28(13-11-27)23(30)19-5-7-20(8-6-19)24(31)29-14-16-32-17-15-29/h3-9,18,26H,10-17H2,1-2H3. The summed E-state index contributed by atoms with van der Waals surface area (Å²) < 4.78 is 5.31. The summed E-state index contributed by atoms with van der Waals surface area (Å²) >= 11 is 0. The summed E-state index contributed by atoms with van der Waals surface area (Å²) in [6.45, 7) is 9.27. The van der Waals surface area contributed by atoms with Gasteiger partial charge in [0.2, 0.25) is 0 Å². The Morgan fingerprint density at radius 1 is 0.875 bits per heavy atom. The average Bonchev–Trinajstić information content (AvgIpc) is 2.84. The van der Waals surface area contributed by atoms with Crippen LogP contribution in [0.4, 0.5) is 11.5 Å². The van der Waals surface area contributed by atoms with Gasteiger partial charge in [0.1, 0.15) is 0 Å². The summed E-state index contributed by atoms with van der Waals surface area (Å²) in [7, 11) is 0. The van der Waals surface area contributed by atoms with Gasteiger partial charge in [0.25, 0.3) is 11.8 Å². The average molecular weight is 438 g/mol. The van der Waals surface area contributed by atoms with E-state index in [1.165, 1.54) is 0 Å². The molecule has 4 rings (SSSR count). The quantitative estimate of drug-likeness (QED) is 0.774. The zero-order valence-corrected chi connectivity index (χ0v) is 18.8. The third kappa shape index (κ3) is 5.02. The van der Waals surface area contributed by atoms with Crippen LogP contribution in [-0.2, 0) is 4.74 Å². The molecule has 1 aromatic heterocycles. The summed E-state index contributed by atoms with van der Waals surface area (Å²) in [4.78, 5) is 36.1. The molecule has 2 fully saturated rings. The molecular weight excluding hydrogens is 406 g/mol. The molecule has 0 unspecified atom stereocenters. The highest BCUT2D eigenvalue weighted by Crippen LogP contribution is 2.25. The lowest BCUT2D eigenvalue weighted by Crippen LogP contribution is -2.49. The van der Waals surface area contributed by atoms with E-state index in [1.54, 1.807) is 35.4 Å². The molecule has 0 saturated carbocycles. The van der Waals surface area contributed by atoms with Crippen LogP contribution in [0.2, 0.25) is 0 Å². The molecule has 2 aliphatic rings. The van der Waals surface area contributed by atoms with Crippen molar-refractivity contribution in [2.24, 2.45) is 0 Å². The second-order valence-electron chi connectivity index (χ2n) is 8.43. The number of hydrogen-bond acceptors (Lipinski definition) is 6. The van der Waals surface area contributed by atoms with E-state index in [2.05, 4.69) is 29.0 Å². The summed E-state index contributed by atoms with van der Waals surface area (Å²) in [5.41, 5.74) is 2.23. The van der Waals surface area contributed by atoms with Crippen molar-refractivity contribution in [3.8, 4) is 0 Å². The highest BCUT2D eigenvalue weighted by Gasteiger charge is 2.25. The Labute approximate surface area is 189 Å². The predicted octanol–water partition coefficient (Wildman–Crippen LogP) is 2.34. The molecule has 8 nitrogen and oxygen atoms in total. The second kappa shape index (κ2) is 9.99. The lowest BCUT2D eigenvalue weighted by molar-refractivity contribution is 0.0303. The molecule has 2 amide bonds. The molecule has 0 spiro atoms. The van der Waals surface area contributed by atoms with Gasteiger partial charge in [-0.05, 0) is 50.2 Å². The molecule has 2 aromatic rings. The number of carbonyl (C=O) groups excluding carboxylic acids is 2. The van der Waals surface area contributed by atoms with Crippen molar-refractivity contribution in [3.05, 3.63) is 53.7 Å². The number of amides is 2. The Hall–Kier alpha value is -3.13. The van der Waals surface area contributed by atoms with Gasteiger partial charge in [0, 0.05) is 62.6 Å². The van der Waals surface area contributed by atoms with Crippen molar-refractivity contribution >= 4 is 23.3 Å². The van der Waals surface area contributed by atoms with Crippen LogP contribution in [0.1, 0.15) is 34.6 Å². The van der Waals surface area contributed by atoms with Crippen LogP contribution in [0.25, 0.3) is 0 Å². The highest BCUT2D eigenvalue weighted by molar-refractivity contribution is 5.98. The SMILES string of the molecule is CC(C)Nc1cccnc1N1CCN(C(=O)c2ccc(C(=O)N3CCOCC3)cc2)CC1. The van der Waals surface area contributed by atoms with Crippen LogP contribution in [0.3, 0.4) is 0 Å². The van der Waals surface area contributed by atoms with Gasteiger partial charge in [0.05, 0.1) is 18.9 Å². The Kier molecular flexibility index (Phi) is 6.90. The Morgan fingerprint density at radius 3 is 2.00 bits per heavy atom. The van der Waals surface area contributed by atoms with Crippen LogP contribution in [0, 0.1) is 0 Å². The number of nitrogens with one attached hydrogen (secondary N) is 1. The van der Waals surface area contributed by atoms with Gasteiger partial charge in [-0.15, -0.1) is 0 Å². The van der Waals surface area contributed by atoms with Crippen LogP contribution >= 0.6 is 0 Å². The summed E-state index contributed by atoms with van der Waals surface area (Å²) in [6, 6.07) is 11.3. The number of morpholine rings is 1. The summed E-state index contributed by atoms with van der Waals surface area (Å²) in [6.07, 6.45) is 1.80. The molecule has 0 bridgehead atoms. The molecule has 170 valence electrons. The van der Waals surface area contributed by atoms with Crippen molar-refractivity contribution in [3.63, 3.8) is 0 Å². The first-order chi connectivity index (χ1) is 15.5. The third-order valence-corrected chi connectivity index (χ3v) is 5.77. The van der Waals surface area contributed by atoms with E-state index < -0.39 is 0 Å². The highest BCUT2D eigenvalue weighted by atomic mass is 16.5. The number of ether oxygens (including phenoxy) is 1. The molecule has 1 aromatic carbocycles. The van der Waals surface area contributed by atoms with E-state index in [0.29, 0.717) is 56.6 Å². The Balaban J connectivity index is 1.36. The number of hydrogen-bond donors (Lipinski definition) is 1. The van der Waals surface area contributed by atoms with Gasteiger partial charge in [-0.25, -0.2) is 4.98 Å². The number of aromatic nitrogens is 1. The largest absolute Gasteiger partial charge is 0.380 e. The summed E-state index contributed by atoms with van der Waals surface area (Å²) in [5.74, 6) is 0.915. The molecule has 1 N–H and O–H groups in total.